The molecule has 2 aliphatic rings. The topological polar surface area (TPSA) is 3.24 Å². The predicted molar refractivity (Wildman–Crippen MR) is 49.9 cm³/mol. The second-order valence-electron chi connectivity index (χ2n) is 2.79. The molecule has 0 aromatic rings. The Morgan fingerprint density at radius 1 is 1.45 bits per heavy atom. The molecule has 0 aromatic carbocycles. The van der Waals surface area contributed by atoms with Crippen molar-refractivity contribution in [2.45, 2.75) is 12.8 Å². The van der Waals surface area contributed by atoms with E-state index in [0.29, 0.717) is 0 Å². The fourth-order valence-electron chi connectivity index (χ4n) is 1.37. The number of likely N-dealkylation sites (N-methyl/N-ethyl adjacent to an activating group) is 1. The van der Waals surface area contributed by atoms with E-state index in [4.69, 9.17) is 0 Å². The lowest BCUT2D eigenvalue weighted by molar-refractivity contribution is 0.579. The lowest BCUT2D eigenvalue weighted by Crippen LogP contribution is -2.08. The molecular weight excluding hydrogens is 154 g/mol. The zero-order valence-electron chi connectivity index (χ0n) is 6.63. The minimum absolute atomic E-state index is 1.14. The van der Waals surface area contributed by atoms with E-state index in [2.05, 4.69) is 30.7 Å². The van der Waals surface area contributed by atoms with Crippen LogP contribution < -0.4 is 0 Å². The molecule has 0 unspecified atom stereocenters. The summed E-state index contributed by atoms with van der Waals surface area (Å²) in [6, 6.07) is 0. The van der Waals surface area contributed by atoms with Crippen molar-refractivity contribution in [3.63, 3.8) is 0 Å². The van der Waals surface area contributed by atoms with Crippen molar-refractivity contribution < 1.29 is 0 Å². The monoisotopic (exact) mass is 165 g/mol. The Labute approximate surface area is 71.5 Å². The summed E-state index contributed by atoms with van der Waals surface area (Å²) in [4.78, 5) is 3.55. The predicted octanol–water partition coefficient (Wildman–Crippen LogP) is 2.70. The van der Waals surface area contributed by atoms with Gasteiger partial charge in [-0.1, -0.05) is 30.5 Å². The number of nitrogens with zero attached hydrogens (tertiary/aromatic N) is 1. The smallest absolute Gasteiger partial charge is 0.0725 e. The quantitative estimate of drug-likeness (QED) is 0.543. The maximum atomic E-state index is 3.97. The van der Waals surface area contributed by atoms with E-state index in [1.165, 1.54) is 23.4 Å². The summed E-state index contributed by atoms with van der Waals surface area (Å²) in [5.74, 6) is 0. The summed E-state index contributed by atoms with van der Waals surface area (Å²) < 4.78 is 0. The van der Waals surface area contributed by atoms with Gasteiger partial charge in [0.15, 0.2) is 0 Å². The molecule has 58 valence electrons. The number of allylic oxidation sites excluding steroid dienone is 2. The van der Waals surface area contributed by atoms with Crippen molar-refractivity contribution >= 4 is 11.8 Å². The molecule has 1 nitrogen and oxygen atoms in total. The summed E-state index contributed by atoms with van der Waals surface area (Å²) in [5.41, 5.74) is 1.35. The van der Waals surface area contributed by atoms with E-state index in [1.54, 1.807) is 11.8 Å². The van der Waals surface area contributed by atoms with E-state index in [9.17, 15) is 0 Å². The van der Waals surface area contributed by atoms with Crippen LogP contribution in [0.3, 0.4) is 0 Å². The minimum Gasteiger partial charge on any atom is -0.339 e. The van der Waals surface area contributed by atoms with Gasteiger partial charge in [0, 0.05) is 12.0 Å². The van der Waals surface area contributed by atoms with E-state index in [0.717, 1.165) is 5.03 Å². The van der Waals surface area contributed by atoms with Gasteiger partial charge < -0.3 is 4.90 Å². The van der Waals surface area contributed by atoms with Gasteiger partial charge in [-0.2, -0.15) is 0 Å². The summed E-state index contributed by atoms with van der Waals surface area (Å²) in [7, 11) is 2.08. The standard InChI is InChI=1S/C9H11NS/c1-7-10(2)8-5-3-4-6-9(8)11-7/h5-6H,1,3-4H2,2H3. The summed E-state index contributed by atoms with van der Waals surface area (Å²) in [6.45, 7) is 3.97. The lowest BCUT2D eigenvalue weighted by Gasteiger charge is -2.14. The molecule has 0 aromatic heterocycles. The zero-order chi connectivity index (χ0) is 7.84. The Balaban J connectivity index is 2.39. The molecular formula is C9H11NS. The first-order valence-electron chi connectivity index (χ1n) is 3.80. The molecule has 0 atom stereocenters. The van der Waals surface area contributed by atoms with Crippen molar-refractivity contribution in [1.82, 2.24) is 4.90 Å². The Bertz CT molecular complexity index is 263. The third-order valence-electron chi connectivity index (χ3n) is 2.05. The molecule has 2 rings (SSSR count). The van der Waals surface area contributed by atoms with Crippen LogP contribution in [0.4, 0.5) is 0 Å². The fourth-order valence-corrected chi connectivity index (χ4v) is 2.38. The third-order valence-corrected chi connectivity index (χ3v) is 3.15. The molecule has 0 radical (unpaired) electrons. The SMILES string of the molecule is C=C1SC2=CCCC=C2N1C. The normalized spacial score (nSPS) is 23.0. The van der Waals surface area contributed by atoms with Gasteiger partial charge in [-0.3, -0.25) is 0 Å². The van der Waals surface area contributed by atoms with Gasteiger partial charge in [0.25, 0.3) is 0 Å². The van der Waals surface area contributed by atoms with E-state index < -0.39 is 0 Å². The summed E-state index contributed by atoms with van der Waals surface area (Å²) in [5, 5.41) is 1.14. The van der Waals surface area contributed by atoms with Crippen molar-refractivity contribution in [2.75, 3.05) is 7.05 Å². The first-order valence-corrected chi connectivity index (χ1v) is 4.62. The molecule has 1 saturated heterocycles. The van der Waals surface area contributed by atoms with Crippen LogP contribution in [0, 0.1) is 0 Å². The van der Waals surface area contributed by atoms with Gasteiger partial charge in [0.2, 0.25) is 0 Å². The summed E-state index contributed by atoms with van der Waals surface area (Å²) >= 11 is 1.78. The van der Waals surface area contributed by atoms with Crippen LogP contribution in [-0.2, 0) is 0 Å². The van der Waals surface area contributed by atoms with Crippen molar-refractivity contribution in [1.29, 1.82) is 0 Å². The van der Waals surface area contributed by atoms with Crippen LogP contribution in [0.1, 0.15) is 12.8 Å². The van der Waals surface area contributed by atoms with Crippen molar-refractivity contribution in [3.05, 3.63) is 34.4 Å². The average molecular weight is 165 g/mol. The average Bonchev–Trinajstić information content (AvgIpc) is 2.30. The largest absolute Gasteiger partial charge is 0.339 e. The number of rotatable bonds is 0. The maximum absolute atomic E-state index is 3.97. The first kappa shape index (κ1) is 7.04. The first-order chi connectivity index (χ1) is 5.29. The Hall–Kier alpha value is -0.630. The molecule has 1 fully saturated rings. The Morgan fingerprint density at radius 3 is 2.91 bits per heavy atom. The maximum Gasteiger partial charge on any atom is 0.0725 e. The number of hydrogen-bond acceptors (Lipinski definition) is 2. The zero-order valence-corrected chi connectivity index (χ0v) is 7.45. The molecule has 0 amide bonds. The highest BCUT2D eigenvalue weighted by Crippen LogP contribution is 2.44. The van der Waals surface area contributed by atoms with Gasteiger partial charge in [0.05, 0.1) is 10.7 Å². The molecule has 0 spiro atoms. The Kier molecular flexibility index (Phi) is 1.57. The van der Waals surface area contributed by atoms with E-state index in [1.807, 2.05) is 0 Å². The molecule has 11 heavy (non-hydrogen) atoms. The Morgan fingerprint density at radius 2 is 2.18 bits per heavy atom. The summed E-state index contributed by atoms with van der Waals surface area (Å²) in [6.07, 6.45) is 6.96. The van der Waals surface area contributed by atoms with Crippen molar-refractivity contribution in [2.24, 2.45) is 0 Å². The van der Waals surface area contributed by atoms with Crippen LogP contribution in [0.25, 0.3) is 0 Å². The molecule has 1 aliphatic carbocycles. The molecule has 0 N–H and O–H groups in total. The molecule has 0 saturated carbocycles. The fraction of sp³-hybridized carbons (Fsp3) is 0.333. The third kappa shape index (κ3) is 1.02. The highest BCUT2D eigenvalue weighted by molar-refractivity contribution is 8.07. The van der Waals surface area contributed by atoms with Crippen LogP contribution in [0.15, 0.2) is 34.4 Å². The van der Waals surface area contributed by atoms with Gasteiger partial charge >= 0.3 is 0 Å². The number of thioether (sulfide) groups is 1. The van der Waals surface area contributed by atoms with Gasteiger partial charge in [-0.15, -0.1) is 0 Å². The van der Waals surface area contributed by atoms with Gasteiger partial charge in [-0.25, -0.2) is 0 Å². The second-order valence-corrected chi connectivity index (χ2v) is 3.91. The van der Waals surface area contributed by atoms with Gasteiger partial charge in [0.1, 0.15) is 0 Å². The number of fused-ring (bicyclic) bond motifs is 1. The van der Waals surface area contributed by atoms with Crippen molar-refractivity contribution in [3.8, 4) is 0 Å². The highest BCUT2D eigenvalue weighted by atomic mass is 32.2. The van der Waals surface area contributed by atoms with Crippen LogP contribution in [0.2, 0.25) is 0 Å². The van der Waals surface area contributed by atoms with Gasteiger partial charge in [-0.05, 0) is 12.8 Å². The second kappa shape index (κ2) is 2.45. The lowest BCUT2D eigenvalue weighted by atomic mass is 10.1. The molecule has 1 aliphatic heterocycles. The minimum atomic E-state index is 1.14. The van der Waals surface area contributed by atoms with Crippen LogP contribution >= 0.6 is 11.8 Å². The number of hydrogen-bond donors (Lipinski definition) is 0. The van der Waals surface area contributed by atoms with Crippen LogP contribution in [-0.4, -0.2) is 11.9 Å². The highest BCUT2D eigenvalue weighted by Gasteiger charge is 2.23. The molecule has 1 heterocycles. The molecule has 0 bridgehead atoms. The van der Waals surface area contributed by atoms with E-state index >= 15 is 0 Å². The van der Waals surface area contributed by atoms with Crippen LogP contribution in [0.5, 0.6) is 0 Å². The molecule has 2 heteroatoms. The van der Waals surface area contributed by atoms with E-state index in [-0.39, 0.29) is 0 Å².